The lowest BCUT2D eigenvalue weighted by Crippen LogP contribution is -2.50. The number of rotatable bonds is 4. The van der Waals surface area contributed by atoms with Gasteiger partial charge in [-0.3, -0.25) is 9.59 Å². The highest BCUT2D eigenvalue weighted by Crippen LogP contribution is 2.31. The van der Waals surface area contributed by atoms with Crippen LogP contribution in [0.1, 0.15) is 61.1 Å². The van der Waals surface area contributed by atoms with Gasteiger partial charge in [-0.2, -0.15) is 5.10 Å². The molecule has 1 aliphatic carbocycles. The van der Waals surface area contributed by atoms with Gasteiger partial charge in [0.2, 0.25) is 5.91 Å². The van der Waals surface area contributed by atoms with E-state index in [2.05, 4.69) is 10.1 Å². The van der Waals surface area contributed by atoms with Crippen LogP contribution in [0.2, 0.25) is 0 Å². The first-order valence-electron chi connectivity index (χ1n) is 10.9. The third-order valence-corrected chi connectivity index (χ3v) is 6.49. The summed E-state index contributed by atoms with van der Waals surface area (Å²) in [7, 11) is 0. The Morgan fingerprint density at radius 2 is 1.87 bits per heavy atom. The molecule has 1 saturated carbocycles. The molecule has 2 fully saturated rings. The number of carbonyl (C=O) groups excluding carboxylic acids is 1. The van der Waals surface area contributed by atoms with Gasteiger partial charge in [-0.05, 0) is 25.3 Å². The van der Waals surface area contributed by atoms with Crippen LogP contribution in [0.25, 0.3) is 11.0 Å². The van der Waals surface area contributed by atoms with Gasteiger partial charge in [-0.1, -0.05) is 49.6 Å². The molecule has 3 aromatic rings. The number of aromatic amines is 1. The van der Waals surface area contributed by atoms with Gasteiger partial charge in [0.25, 0.3) is 5.56 Å². The Balaban J connectivity index is 1.35. The lowest BCUT2D eigenvalue weighted by molar-refractivity contribution is -0.135. The Morgan fingerprint density at radius 1 is 1.13 bits per heavy atom. The number of benzene rings is 1. The van der Waals surface area contributed by atoms with Crippen LogP contribution in [0, 0.1) is 6.92 Å². The summed E-state index contributed by atoms with van der Waals surface area (Å²) in [6.07, 6.45) is 6.24. The molecule has 1 saturated heterocycles. The predicted octanol–water partition coefficient (Wildman–Crippen LogP) is 3.10. The fourth-order valence-corrected chi connectivity index (χ4v) is 4.74. The standard InChI is InChI=1S/C23H27N5O2/c1-15-20-22(28(26-15)18-10-6-3-7-11-18)24-21(25-23(20)30)17-13-27(14-17)19(29)12-16-8-4-2-5-9-16/h2,4-5,8-9,17-18H,3,6-7,10-14H2,1H3,(H,24,25,30). The predicted molar refractivity (Wildman–Crippen MR) is 114 cm³/mol. The molecule has 7 nitrogen and oxygen atoms in total. The minimum Gasteiger partial charge on any atom is -0.341 e. The molecular weight excluding hydrogens is 378 g/mol. The van der Waals surface area contributed by atoms with Crippen molar-refractivity contribution in [3.63, 3.8) is 0 Å². The van der Waals surface area contributed by atoms with Crippen molar-refractivity contribution < 1.29 is 4.79 Å². The summed E-state index contributed by atoms with van der Waals surface area (Å²) in [6.45, 7) is 3.07. The Labute approximate surface area is 175 Å². The second-order valence-electron chi connectivity index (χ2n) is 8.63. The number of carbonyl (C=O) groups is 1. The van der Waals surface area contributed by atoms with Crippen molar-refractivity contribution in [2.45, 2.75) is 57.4 Å². The number of amides is 1. The van der Waals surface area contributed by atoms with E-state index in [0.717, 1.165) is 24.1 Å². The molecule has 0 radical (unpaired) electrons. The van der Waals surface area contributed by atoms with E-state index in [4.69, 9.17) is 4.98 Å². The summed E-state index contributed by atoms with van der Waals surface area (Å²) in [4.78, 5) is 35.0. The Hall–Kier alpha value is -2.96. The maximum absolute atomic E-state index is 12.8. The number of nitrogens with zero attached hydrogens (tertiary/aromatic N) is 4. The smallest absolute Gasteiger partial charge is 0.262 e. The third kappa shape index (κ3) is 3.42. The molecule has 7 heteroatoms. The molecule has 156 valence electrons. The lowest BCUT2D eigenvalue weighted by Gasteiger charge is -2.38. The van der Waals surface area contributed by atoms with Crippen LogP contribution >= 0.6 is 0 Å². The highest BCUT2D eigenvalue weighted by atomic mass is 16.2. The molecule has 5 rings (SSSR count). The fourth-order valence-electron chi connectivity index (χ4n) is 4.74. The number of nitrogens with one attached hydrogen (secondary N) is 1. The van der Waals surface area contributed by atoms with Crippen LogP contribution < -0.4 is 5.56 Å². The second-order valence-corrected chi connectivity index (χ2v) is 8.63. The highest BCUT2D eigenvalue weighted by Gasteiger charge is 2.34. The molecule has 0 spiro atoms. The molecule has 1 N–H and O–H groups in total. The summed E-state index contributed by atoms with van der Waals surface area (Å²) in [6, 6.07) is 10.1. The van der Waals surface area contributed by atoms with Crippen molar-refractivity contribution in [2.75, 3.05) is 13.1 Å². The molecular formula is C23H27N5O2. The quantitative estimate of drug-likeness (QED) is 0.723. The van der Waals surface area contributed by atoms with Crippen molar-refractivity contribution in [1.82, 2.24) is 24.6 Å². The molecule has 0 atom stereocenters. The van der Waals surface area contributed by atoms with Crippen molar-refractivity contribution in [1.29, 1.82) is 0 Å². The number of fused-ring (bicyclic) bond motifs is 1. The van der Waals surface area contributed by atoms with E-state index < -0.39 is 0 Å². The number of aromatic nitrogens is 4. The zero-order chi connectivity index (χ0) is 20.7. The molecule has 1 amide bonds. The van der Waals surface area contributed by atoms with E-state index in [0.29, 0.717) is 42.4 Å². The lowest BCUT2D eigenvalue weighted by atomic mass is 9.95. The first-order chi connectivity index (χ1) is 14.6. The maximum Gasteiger partial charge on any atom is 0.262 e. The van der Waals surface area contributed by atoms with E-state index in [1.54, 1.807) is 0 Å². The normalized spacial score (nSPS) is 18.0. The molecule has 30 heavy (non-hydrogen) atoms. The summed E-state index contributed by atoms with van der Waals surface area (Å²) < 4.78 is 1.99. The zero-order valence-electron chi connectivity index (χ0n) is 17.3. The van der Waals surface area contributed by atoms with Gasteiger partial charge < -0.3 is 9.88 Å². The molecule has 1 aromatic carbocycles. The van der Waals surface area contributed by atoms with E-state index >= 15 is 0 Å². The van der Waals surface area contributed by atoms with Gasteiger partial charge in [0.15, 0.2) is 5.65 Å². The number of hydrogen-bond donors (Lipinski definition) is 1. The van der Waals surface area contributed by atoms with Crippen LogP contribution in [0.3, 0.4) is 0 Å². The van der Waals surface area contributed by atoms with Crippen LogP contribution in [0.15, 0.2) is 35.1 Å². The number of hydrogen-bond acceptors (Lipinski definition) is 4. The first-order valence-corrected chi connectivity index (χ1v) is 10.9. The summed E-state index contributed by atoms with van der Waals surface area (Å²) in [5.41, 5.74) is 2.34. The Kier molecular flexibility index (Phi) is 4.89. The van der Waals surface area contributed by atoms with E-state index in [9.17, 15) is 9.59 Å². The third-order valence-electron chi connectivity index (χ3n) is 6.49. The van der Waals surface area contributed by atoms with Crippen molar-refractivity contribution in [3.8, 4) is 0 Å². The maximum atomic E-state index is 12.8. The Bertz CT molecular complexity index is 1120. The highest BCUT2D eigenvalue weighted by molar-refractivity contribution is 5.80. The number of likely N-dealkylation sites (tertiary alicyclic amines) is 1. The number of aryl methyl sites for hydroxylation is 1. The summed E-state index contributed by atoms with van der Waals surface area (Å²) in [5, 5.41) is 5.28. The van der Waals surface area contributed by atoms with Crippen LogP contribution in [0.4, 0.5) is 0 Å². The topological polar surface area (TPSA) is 83.9 Å². The van der Waals surface area contributed by atoms with E-state index in [-0.39, 0.29) is 17.4 Å². The van der Waals surface area contributed by atoms with Gasteiger partial charge in [0.1, 0.15) is 11.2 Å². The molecule has 3 heterocycles. The molecule has 1 aliphatic heterocycles. The minimum atomic E-state index is -0.122. The first kappa shape index (κ1) is 19.0. The SMILES string of the molecule is Cc1nn(C2CCCCC2)c2nc(C3CN(C(=O)Cc4ccccc4)C3)[nH]c(=O)c12. The second kappa shape index (κ2) is 7.70. The van der Waals surface area contributed by atoms with Crippen LogP contribution in [-0.2, 0) is 11.2 Å². The molecule has 0 bridgehead atoms. The fraction of sp³-hybridized carbons (Fsp3) is 0.478. The average molecular weight is 406 g/mol. The van der Waals surface area contributed by atoms with Gasteiger partial charge >= 0.3 is 0 Å². The van der Waals surface area contributed by atoms with Crippen LogP contribution in [-0.4, -0.2) is 43.6 Å². The molecule has 2 aromatic heterocycles. The van der Waals surface area contributed by atoms with Crippen molar-refractivity contribution in [3.05, 3.63) is 57.8 Å². The number of H-pyrrole nitrogens is 1. The monoisotopic (exact) mass is 405 g/mol. The summed E-state index contributed by atoms with van der Waals surface area (Å²) >= 11 is 0. The largest absolute Gasteiger partial charge is 0.341 e. The zero-order valence-corrected chi connectivity index (χ0v) is 17.3. The van der Waals surface area contributed by atoms with Crippen LogP contribution in [0.5, 0.6) is 0 Å². The van der Waals surface area contributed by atoms with E-state index in [1.165, 1.54) is 19.3 Å². The Morgan fingerprint density at radius 3 is 2.60 bits per heavy atom. The molecule has 2 aliphatic rings. The molecule has 0 unspecified atom stereocenters. The van der Waals surface area contributed by atoms with Crippen molar-refractivity contribution in [2.24, 2.45) is 0 Å². The van der Waals surface area contributed by atoms with Gasteiger partial charge in [0.05, 0.1) is 24.1 Å². The van der Waals surface area contributed by atoms with Gasteiger partial charge in [0, 0.05) is 13.1 Å². The minimum absolute atomic E-state index is 0.0665. The van der Waals surface area contributed by atoms with Crippen molar-refractivity contribution >= 4 is 16.9 Å². The van der Waals surface area contributed by atoms with E-state index in [1.807, 2.05) is 46.8 Å². The summed E-state index contributed by atoms with van der Waals surface area (Å²) in [5.74, 6) is 0.856. The van der Waals surface area contributed by atoms with Gasteiger partial charge in [-0.25, -0.2) is 9.67 Å². The average Bonchev–Trinajstić information content (AvgIpc) is 3.05. The van der Waals surface area contributed by atoms with Gasteiger partial charge in [-0.15, -0.1) is 0 Å².